The van der Waals surface area contributed by atoms with Crippen molar-refractivity contribution in [3.63, 3.8) is 0 Å². The van der Waals surface area contributed by atoms with Gasteiger partial charge in [0, 0.05) is 34.4 Å². The third kappa shape index (κ3) is 3.57. The van der Waals surface area contributed by atoms with Gasteiger partial charge in [-0.2, -0.15) is 5.26 Å². The van der Waals surface area contributed by atoms with Crippen LogP contribution in [0.3, 0.4) is 0 Å². The fourth-order valence-electron chi connectivity index (χ4n) is 3.15. The summed E-state index contributed by atoms with van der Waals surface area (Å²) in [7, 11) is 0. The number of carbonyl (C=O) groups is 1. The van der Waals surface area contributed by atoms with E-state index < -0.39 is 11.3 Å². The molecule has 4 aromatic rings. The van der Waals surface area contributed by atoms with Crippen LogP contribution in [-0.2, 0) is 0 Å². The molecule has 0 fully saturated rings. The number of hydrogen-bond acceptors (Lipinski definition) is 5. The van der Waals surface area contributed by atoms with Crippen LogP contribution in [0, 0.1) is 11.3 Å². The van der Waals surface area contributed by atoms with Crippen molar-refractivity contribution in [2.24, 2.45) is 0 Å². The molecule has 0 spiro atoms. The molecule has 2 aromatic carbocycles. The van der Waals surface area contributed by atoms with E-state index in [2.05, 4.69) is 21.0 Å². The fraction of sp³-hybridized carbons (Fsp3) is 0. The van der Waals surface area contributed by atoms with E-state index in [1.165, 1.54) is 12.4 Å². The molecule has 1 N–H and O–H groups in total. The van der Waals surface area contributed by atoms with E-state index in [9.17, 15) is 14.9 Å². The summed E-state index contributed by atoms with van der Waals surface area (Å²) in [5.41, 5.74) is 2.40. The van der Waals surface area contributed by atoms with Crippen LogP contribution in [0.15, 0.2) is 78.1 Å². The fourth-order valence-corrected chi connectivity index (χ4v) is 3.15. The van der Waals surface area contributed by atoms with Crippen molar-refractivity contribution >= 4 is 22.8 Å². The zero-order valence-electron chi connectivity index (χ0n) is 15.2. The summed E-state index contributed by atoms with van der Waals surface area (Å²) in [5, 5.41) is 9.92. The number of nitriles is 1. The second-order valence-corrected chi connectivity index (χ2v) is 6.31. The quantitative estimate of drug-likeness (QED) is 0.431. The predicted molar refractivity (Wildman–Crippen MR) is 110 cm³/mol. The molecule has 0 atom stereocenters. The largest absolute Gasteiger partial charge is 0.321 e. The number of nitrogens with zero attached hydrogens (tertiary/aromatic N) is 3. The van der Waals surface area contributed by atoms with E-state index in [-0.39, 0.29) is 5.56 Å². The molecule has 0 saturated carbocycles. The van der Waals surface area contributed by atoms with Gasteiger partial charge in [-0.15, -0.1) is 0 Å². The van der Waals surface area contributed by atoms with Gasteiger partial charge in [-0.1, -0.05) is 30.3 Å². The van der Waals surface area contributed by atoms with Crippen molar-refractivity contribution in [3.05, 3.63) is 100 Å². The van der Waals surface area contributed by atoms with Gasteiger partial charge in [0.1, 0.15) is 6.33 Å². The van der Waals surface area contributed by atoms with Gasteiger partial charge >= 0.3 is 0 Å². The van der Waals surface area contributed by atoms with Gasteiger partial charge in [-0.25, -0.2) is 9.97 Å². The summed E-state index contributed by atoms with van der Waals surface area (Å²) in [5.74, 6) is -0.446. The average Bonchev–Trinajstić information content (AvgIpc) is 2.77. The highest BCUT2D eigenvalue weighted by atomic mass is 16.1. The summed E-state index contributed by atoms with van der Waals surface area (Å²) in [4.78, 5) is 36.4. The molecule has 6 heteroatoms. The Labute approximate surface area is 165 Å². The molecule has 0 amide bonds. The van der Waals surface area contributed by atoms with E-state index in [1.54, 1.807) is 36.7 Å². The van der Waals surface area contributed by atoms with Gasteiger partial charge in [-0.3, -0.25) is 9.59 Å². The van der Waals surface area contributed by atoms with E-state index >= 15 is 0 Å². The number of carbonyl (C=O) groups excluding carboxylic acids is 1. The molecule has 0 saturated heterocycles. The number of H-pyrrole nitrogens is 1. The Hall–Kier alpha value is -4.37. The number of benzene rings is 2. The minimum absolute atomic E-state index is 0.0203. The number of aromatic nitrogens is 3. The molecule has 0 radical (unpaired) electrons. The lowest BCUT2D eigenvalue weighted by Crippen LogP contribution is -2.18. The molecular formula is C23H14N4O2. The average molecular weight is 378 g/mol. The number of nitrogens with one attached hydrogen (secondary N) is 1. The lowest BCUT2D eigenvalue weighted by atomic mass is 9.93. The molecule has 0 aliphatic heterocycles. The summed E-state index contributed by atoms with van der Waals surface area (Å²) in [6.07, 6.45) is 7.42. The maximum absolute atomic E-state index is 13.0. The van der Waals surface area contributed by atoms with Crippen LogP contribution in [-0.4, -0.2) is 20.7 Å². The smallest absolute Gasteiger partial charge is 0.260 e. The minimum atomic E-state index is -0.486. The second-order valence-electron chi connectivity index (χ2n) is 6.31. The first kappa shape index (κ1) is 18.0. The first-order chi connectivity index (χ1) is 14.2. The van der Waals surface area contributed by atoms with E-state index in [0.29, 0.717) is 27.6 Å². The van der Waals surface area contributed by atoms with Gasteiger partial charge in [0.2, 0.25) is 0 Å². The molecular weight excluding hydrogens is 364 g/mol. The van der Waals surface area contributed by atoms with Crippen LogP contribution in [0.2, 0.25) is 0 Å². The number of allylic oxidation sites excluding steroid dienone is 1. The first-order valence-electron chi connectivity index (χ1n) is 8.80. The summed E-state index contributed by atoms with van der Waals surface area (Å²) < 4.78 is 0. The zero-order chi connectivity index (χ0) is 20.2. The zero-order valence-corrected chi connectivity index (χ0v) is 15.2. The molecule has 0 aliphatic carbocycles. The Morgan fingerprint density at radius 2 is 1.83 bits per heavy atom. The Bertz CT molecular complexity index is 1330. The molecule has 0 bridgehead atoms. The van der Waals surface area contributed by atoms with Crippen molar-refractivity contribution in [2.45, 2.75) is 0 Å². The topological polar surface area (TPSA) is 99.5 Å². The molecule has 138 valence electrons. The number of aromatic amines is 1. The van der Waals surface area contributed by atoms with Crippen LogP contribution >= 0.6 is 0 Å². The third-order valence-electron chi connectivity index (χ3n) is 4.46. The van der Waals surface area contributed by atoms with Gasteiger partial charge in [0.15, 0.2) is 5.78 Å². The monoisotopic (exact) mass is 378 g/mol. The Balaban J connectivity index is 1.96. The molecule has 0 aliphatic rings. The molecule has 0 unspecified atom stereocenters. The Kier molecular flexibility index (Phi) is 4.79. The number of fused-ring (bicyclic) bond motifs is 1. The Morgan fingerprint density at radius 3 is 2.55 bits per heavy atom. The lowest BCUT2D eigenvalue weighted by Gasteiger charge is -2.11. The van der Waals surface area contributed by atoms with Gasteiger partial charge in [-0.05, 0) is 35.9 Å². The van der Waals surface area contributed by atoms with E-state index in [1.807, 2.05) is 30.3 Å². The highest BCUT2D eigenvalue weighted by Crippen LogP contribution is 2.30. The summed E-state index contributed by atoms with van der Waals surface area (Å²) in [6, 6.07) is 16.3. The van der Waals surface area contributed by atoms with Crippen LogP contribution < -0.4 is 5.56 Å². The van der Waals surface area contributed by atoms with Crippen molar-refractivity contribution in [1.82, 2.24) is 15.0 Å². The predicted octanol–water partition coefficient (Wildman–Crippen LogP) is 3.75. The summed E-state index contributed by atoms with van der Waals surface area (Å²) in [6.45, 7) is 0. The number of hydrogen-bond donors (Lipinski definition) is 1. The summed E-state index contributed by atoms with van der Waals surface area (Å²) >= 11 is 0. The molecule has 2 heterocycles. The highest BCUT2D eigenvalue weighted by Gasteiger charge is 2.19. The van der Waals surface area contributed by atoms with Crippen LogP contribution in [0.1, 0.15) is 21.5 Å². The Morgan fingerprint density at radius 1 is 1.07 bits per heavy atom. The number of ketones is 1. The second kappa shape index (κ2) is 7.71. The standard InChI is InChI=1S/C23H14N4O2/c24-11-15-6-8-19-18(10-15)21(17-4-2-1-3-5-17)22(23(29)27-19)20(28)9-7-16-12-25-14-26-13-16/h1-10,12-14H,(H,27,29)/b9-7+. The molecule has 6 nitrogen and oxygen atoms in total. The molecule has 4 rings (SSSR count). The minimum Gasteiger partial charge on any atom is -0.321 e. The highest BCUT2D eigenvalue weighted by molar-refractivity contribution is 6.15. The van der Waals surface area contributed by atoms with Crippen molar-refractivity contribution < 1.29 is 4.79 Å². The van der Waals surface area contributed by atoms with Gasteiger partial charge < -0.3 is 4.98 Å². The van der Waals surface area contributed by atoms with Crippen molar-refractivity contribution in [3.8, 4) is 17.2 Å². The normalized spacial score (nSPS) is 10.9. The van der Waals surface area contributed by atoms with Crippen LogP contribution in [0.25, 0.3) is 28.1 Å². The van der Waals surface area contributed by atoms with E-state index in [0.717, 1.165) is 5.56 Å². The lowest BCUT2D eigenvalue weighted by molar-refractivity contribution is 0.104. The maximum Gasteiger partial charge on any atom is 0.260 e. The SMILES string of the molecule is N#Cc1ccc2[nH]c(=O)c(C(=O)/C=C/c3cncnc3)c(-c3ccccc3)c2c1. The number of pyridine rings is 1. The van der Waals surface area contributed by atoms with Gasteiger partial charge in [0.25, 0.3) is 5.56 Å². The van der Waals surface area contributed by atoms with Crippen molar-refractivity contribution in [2.75, 3.05) is 0 Å². The van der Waals surface area contributed by atoms with Crippen LogP contribution in [0.5, 0.6) is 0 Å². The van der Waals surface area contributed by atoms with E-state index in [4.69, 9.17) is 0 Å². The third-order valence-corrected chi connectivity index (χ3v) is 4.46. The van der Waals surface area contributed by atoms with Crippen molar-refractivity contribution in [1.29, 1.82) is 5.26 Å². The molecule has 29 heavy (non-hydrogen) atoms. The maximum atomic E-state index is 13.0. The molecule has 2 aromatic heterocycles. The number of rotatable bonds is 4. The van der Waals surface area contributed by atoms with Crippen LogP contribution in [0.4, 0.5) is 0 Å². The van der Waals surface area contributed by atoms with Gasteiger partial charge in [0.05, 0.1) is 17.2 Å². The first-order valence-corrected chi connectivity index (χ1v) is 8.80.